The first-order chi connectivity index (χ1) is 21.5. The number of carbonyl (C=O) groups is 2. The Morgan fingerprint density at radius 3 is 2.09 bits per heavy atom. The third kappa shape index (κ3) is 6.32. The van der Waals surface area contributed by atoms with Crippen molar-refractivity contribution in [3.63, 3.8) is 0 Å². The van der Waals surface area contributed by atoms with Crippen LogP contribution in [0.5, 0.6) is 0 Å². The summed E-state index contributed by atoms with van der Waals surface area (Å²) in [6.45, 7) is 2.21. The summed E-state index contributed by atoms with van der Waals surface area (Å²) in [7, 11) is 0. The second-order valence-electron chi connectivity index (χ2n) is 11.0. The van der Waals surface area contributed by atoms with E-state index < -0.39 is 23.0 Å². The van der Waals surface area contributed by atoms with Gasteiger partial charge in [0, 0.05) is 49.5 Å². The fourth-order valence-corrected chi connectivity index (χ4v) is 5.76. The molecule has 1 amide bonds. The predicted molar refractivity (Wildman–Crippen MR) is 174 cm³/mol. The predicted octanol–water partition coefficient (Wildman–Crippen LogP) is 5.46. The van der Waals surface area contributed by atoms with Crippen LogP contribution in [0.4, 0.5) is 5.69 Å². The molecule has 220 valence electrons. The lowest BCUT2D eigenvalue weighted by atomic mass is 10.0. The van der Waals surface area contributed by atoms with Crippen LogP contribution in [-0.4, -0.2) is 52.4 Å². The van der Waals surface area contributed by atoms with Crippen LogP contribution in [0.3, 0.4) is 0 Å². The molecular formula is C37H33N3O4. The van der Waals surface area contributed by atoms with E-state index in [0.29, 0.717) is 39.1 Å². The molecule has 0 saturated carbocycles. The number of aromatic nitrogens is 1. The molecule has 1 fully saturated rings. The Morgan fingerprint density at radius 2 is 1.36 bits per heavy atom. The molecule has 2 heterocycles. The van der Waals surface area contributed by atoms with Gasteiger partial charge in [-0.15, -0.1) is 0 Å². The van der Waals surface area contributed by atoms with Crippen LogP contribution in [0.25, 0.3) is 16.5 Å². The number of carbonyl (C=O) groups excluding carboxylic acids is 2. The van der Waals surface area contributed by atoms with Gasteiger partial charge in [-0.1, -0.05) is 97.1 Å². The van der Waals surface area contributed by atoms with E-state index in [1.165, 1.54) is 9.47 Å². The molecule has 5 aromatic rings. The fraction of sp³-hybridized carbons (Fsp3) is 0.162. The van der Waals surface area contributed by atoms with Crippen LogP contribution in [0, 0.1) is 0 Å². The first kappa shape index (κ1) is 28.7. The normalized spacial score (nSPS) is 13.7. The highest BCUT2D eigenvalue weighted by atomic mass is 16.3. The van der Waals surface area contributed by atoms with E-state index in [1.807, 2.05) is 78.9 Å². The van der Waals surface area contributed by atoms with Gasteiger partial charge in [-0.05, 0) is 40.6 Å². The van der Waals surface area contributed by atoms with Gasteiger partial charge < -0.3 is 19.5 Å². The van der Waals surface area contributed by atoms with Gasteiger partial charge in [0.1, 0.15) is 5.76 Å². The molecular weight excluding hydrogens is 550 g/mol. The van der Waals surface area contributed by atoms with E-state index in [2.05, 4.69) is 29.2 Å². The molecule has 0 spiro atoms. The first-order valence-corrected chi connectivity index (χ1v) is 14.7. The molecule has 1 saturated heterocycles. The summed E-state index contributed by atoms with van der Waals surface area (Å²) in [5, 5.41) is 13.3. The zero-order valence-corrected chi connectivity index (χ0v) is 24.3. The van der Waals surface area contributed by atoms with Crippen molar-refractivity contribution in [2.75, 3.05) is 31.1 Å². The molecule has 0 radical (unpaired) electrons. The zero-order chi connectivity index (χ0) is 30.5. The largest absolute Gasteiger partial charge is 0.507 e. The van der Waals surface area contributed by atoms with Crippen molar-refractivity contribution >= 4 is 33.9 Å². The maximum Gasteiger partial charge on any atom is 0.294 e. The van der Waals surface area contributed by atoms with E-state index in [9.17, 15) is 19.5 Å². The van der Waals surface area contributed by atoms with Gasteiger partial charge in [0.15, 0.2) is 0 Å². The lowest BCUT2D eigenvalue weighted by Crippen LogP contribution is -2.50. The standard InChI is InChI=1S/C37H33N3O4/c41-34(24-35(42)37(44)39-20-18-38(19-21-39)33-17-9-15-30-14-7-8-16-31(30)33)32-23-29(22-27-10-3-1-4-11-27)26-40(36(32)43)25-28-12-5-2-6-13-28/h1-17,23-24,26,41H,18-22,25H2/b34-24-. The number of fused-ring (bicyclic) bond motifs is 1. The number of aliphatic hydroxyl groups is 1. The Labute approximate surface area is 255 Å². The summed E-state index contributed by atoms with van der Waals surface area (Å²) in [6.07, 6.45) is 3.20. The third-order valence-electron chi connectivity index (χ3n) is 8.02. The topological polar surface area (TPSA) is 82.8 Å². The average Bonchev–Trinajstić information content (AvgIpc) is 3.06. The SMILES string of the molecule is O=C(/C=C(\O)c1cc(Cc2ccccc2)cn(Cc2ccccc2)c1=O)C(=O)N1CCN(c2cccc3ccccc23)CC1. The van der Waals surface area contributed by atoms with Crippen LogP contribution in [0.15, 0.2) is 126 Å². The van der Waals surface area contributed by atoms with Crippen LogP contribution in [-0.2, 0) is 22.6 Å². The third-order valence-corrected chi connectivity index (χ3v) is 8.02. The fourth-order valence-electron chi connectivity index (χ4n) is 5.76. The molecule has 44 heavy (non-hydrogen) atoms. The second-order valence-corrected chi connectivity index (χ2v) is 11.0. The van der Waals surface area contributed by atoms with Gasteiger partial charge in [0.05, 0.1) is 12.1 Å². The van der Waals surface area contributed by atoms with E-state index in [0.717, 1.165) is 39.2 Å². The molecule has 0 unspecified atom stereocenters. The number of aliphatic hydroxyl groups excluding tert-OH is 1. The minimum absolute atomic E-state index is 0.0173. The summed E-state index contributed by atoms with van der Waals surface area (Å²) in [4.78, 5) is 43.4. The minimum Gasteiger partial charge on any atom is -0.507 e. The molecule has 1 aliphatic heterocycles. The van der Waals surface area contributed by atoms with Gasteiger partial charge in [0.2, 0.25) is 5.78 Å². The molecule has 6 rings (SSSR count). The molecule has 7 nitrogen and oxygen atoms in total. The second kappa shape index (κ2) is 12.8. The number of nitrogens with zero attached hydrogens (tertiary/aromatic N) is 3. The lowest BCUT2D eigenvalue weighted by molar-refractivity contribution is -0.142. The number of rotatable bonds is 8. The Bertz CT molecular complexity index is 1880. The number of anilines is 1. The van der Waals surface area contributed by atoms with Gasteiger partial charge >= 0.3 is 0 Å². The summed E-state index contributed by atoms with van der Waals surface area (Å²) < 4.78 is 1.53. The highest BCUT2D eigenvalue weighted by Crippen LogP contribution is 2.27. The van der Waals surface area contributed by atoms with Crippen molar-refractivity contribution < 1.29 is 14.7 Å². The monoisotopic (exact) mass is 583 g/mol. The molecule has 0 aliphatic carbocycles. The van der Waals surface area contributed by atoms with Crippen LogP contribution >= 0.6 is 0 Å². The van der Waals surface area contributed by atoms with Gasteiger partial charge in [0.25, 0.3) is 11.5 Å². The van der Waals surface area contributed by atoms with E-state index in [4.69, 9.17) is 0 Å². The maximum atomic E-state index is 13.5. The van der Waals surface area contributed by atoms with Crippen molar-refractivity contribution in [2.24, 2.45) is 0 Å². The van der Waals surface area contributed by atoms with Crippen molar-refractivity contribution in [3.8, 4) is 0 Å². The number of hydrogen-bond donors (Lipinski definition) is 1. The number of ketones is 1. The van der Waals surface area contributed by atoms with Gasteiger partial charge in [-0.2, -0.15) is 0 Å². The van der Waals surface area contributed by atoms with Crippen LogP contribution in [0.2, 0.25) is 0 Å². The van der Waals surface area contributed by atoms with Crippen LogP contribution < -0.4 is 10.5 Å². The first-order valence-electron chi connectivity index (χ1n) is 14.7. The molecule has 4 aromatic carbocycles. The van der Waals surface area contributed by atoms with Gasteiger partial charge in [-0.25, -0.2) is 0 Å². The molecule has 7 heteroatoms. The lowest BCUT2D eigenvalue weighted by Gasteiger charge is -2.36. The molecule has 1 aromatic heterocycles. The molecule has 0 bridgehead atoms. The Hall–Kier alpha value is -5.43. The maximum absolute atomic E-state index is 13.5. The number of benzene rings is 4. The smallest absolute Gasteiger partial charge is 0.294 e. The Balaban J connectivity index is 1.20. The molecule has 0 atom stereocenters. The Morgan fingerprint density at radius 1 is 0.727 bits per heavy atom. The highest BCUT2D eigenvalue weighted by molar-refractivity contribution is 6.41. The minimum atomic E-state index is -0.858. The van der Waals surface area contributed by atoms with Crippen molar-refractivity contribution in [1.29, 1.82) is 0 Å². The Kier molecular flexibility index (Phi) is 8.36. The summed E-state index contributed by atoms with van der Waals surface area (Å²) in [5.74, 6) is -2.07. The summed E-state index contributed by atoms with van der Waals surface area (Å²) in [6, 6.07) is 35.3. The number of piperazine rings is 1. The molecule has 1 N–H and O–H groups in total. The van der Waals surface area contributed by atoms with Crippen molar-refractivity contribution in [1.82, 2.24) is 9.47 Å². The molecule has 1 aliphatic rings. The van der Waals surface area contributed by atoms with Crippen molar-refractivity contribution in [2.45, 2.75) is 13.0 Å². The van der Waals surface area contributed by atoms with E-state index in [1.54, 1.807) is 12.3 Å². The van der Waals surface area contributed by atoms with E-state index in [-0.39, 0.29) is 5.56 Å². The zero-order valence-electron chi connectivity index (χ0n) is 24.3. The van der Waals surface area contributed by atoms with Crippen molar-refractivity contribution in [3.05, 3.63) is 154 Å². The number of pyridine rings is 1. The van der Waals surface area contributed by atoms with Crippen LogP contribution in [0.1, 0.15) is 22.3 Å². The summed E-state index contributed by atoms with van der Waals surface area (Å²) in [5.41, 5.74) is 3.40. The summed E-state index contributed by atoms with van der Waals surface area (Å²) >= 11 is 0. The average molecular weight is 584 g/mol. The van der Waals surface area contributed by atoms with E-state index >= 15 is 0 Å². The number of amides is 1. The quantitative estimate of drug-likeness (QED) is 0.149. The highest BCUT2D eigenvalue weighted by Gasteiger charge is 2.26. The number of hydrogen-bond acceptors (Lipinski definition) is 5. The van der Waals surface area contributed by atoms with Gasteiger partial charge in [-0.3, -0.25) is 14.4 Å².